The topological polar surface area (TPSA) is 80.9 Å². The molecule has 0 saturated heterocycles. The SMILES string of the molecule is OC1CCCC(O)C1.OCCCCO. The minimum absolute atomic E-state index is 0.195. The van der Waals surface area contributed by atoms with Gasteiger partial charge >= 0.3 is 0 Å². The minimum atomic E-state index is -0.237. The lowest BCUT2D eigenvalue weighted by atomic mass is 9.95. The summed E-state index contributed by atoms with van der Waals surface area (Å²) in [6.07, 6.45) is 4.26. The lowest BCUT2D eigenvalue weighted by Gasteiger charge is -2.20. The van der Waals surface area contributed by atoms with Gasteiger partial charge in [-0.25, -0.2) is 0 Å². The molecule has 4 heteroatoms. The molecule has 1 aliphatic carbocycles. The molecule has 1 fully saturated rings. The van der Waals surface area contributed by atoms with Crippen molar-refractivity contribution >= 4 is 0 Å². The standard InChI is InChI=1S/C6H12O2.C4H10O2/c7-5-2-1-3-6(8)4-5;5-3-1-2-4-6/h5-8H,1-4H2;5-6H,1-4H2. The van der Waals surface area contributed by atoms with Gasteiger partial charge in [-0.05, 0) is 38.5 Å². The normalized spacial score (nSPS) is 26.6. The Morgan fingerprint density at radius 2 is 1.29 bits per heavy atom. The number of rotatable bonds is 3. The summed E-state index contributed by atoms with van der Waals surface area (Å²) in [7, 11) is 0. The molecule has 0 radical (unpaired) electrons. The van der Waals surface area contributed by atoms with E-state index >= 15 is 0 Å². The Morgan fingerprint density at radius 3 is 1.50 bits per heavy atom. The van der Waals surface area contributed by atoms with Crippen molar-refractivity contribution in [3.8, 4) is 0 Å². The number of aliphatic hydroxyl groups is 4. The van der Waals surface area contributed by atoms with Crippen LogP contribution in [-0.2, 0) is 0 Å². The molecule has 1 rings (SSSR count). The second-order valence-corrected chi connectivity index (χ2v) is 3.63. The molecule has 0 aliphatic heterocycles. The highest BCUT2D eigenvalue weighted by atomic mass is 16.3. The van der Waals surface area contributed by atoms with Crippen molar-refractivity contribution in [1.29, 1.82) is 0 Å². The fourth-order valence-electron chi connectivity index (χ4n) is 1.36. The van der Waals surface area contributed by atoms with Gasteiger partial charge in [-0.2, -0.15) is 0 Å². The number of unbranched alkanes of at least 4 members (excludes halogenated alkanes) is 1. The molecular formula is C10H22O4. The summed E-state index contributed by atoms with van der Waals surface area (Å²) in [5, 5.41) is 34.0. The molecule has 1 saturated carbocycles. The molecule has 2 atom stereocenters. The zero-order chi connectivity index (χ0) is 10.8. The van der Waals surface area contributed by atoms with E-state index in [4.69, 9.17) is 20.4 Å². The summed E-state index contributed by atoms with van der Waals surface area (Å²) < 4.78 is 0. The van der Waals surface area contributed by atoms with E-state index in [-0.39, 0.29) is 25.4 Å². The molecule has 1 aliphatic rings. The minimum Gasteiger partial charge on any atom is -0.396 e. The van der Waals surface area contributed by atoms with E-state index in [1.165, 1.54) is 0 Å². The van der Waals surface area contributed by atoms with Crippen LogP contribution in [0.3, 0.4) is 0 Å². The molecule has 2 unspecified atom stereocenters. The van der Waals surface area contributed by atoms with E-state index in [0.717, 1.165) is 32.1 Å². The Morgan fingerprint density at radius 1 is 0.857 bits per heavy atom. The van der Waals surface area contributed by atoms with Crippen LogP contribution in [0.4, 0.5) is 0 Å². The van der Waals surface area contributed by atoms with Crippen LogP contribution in [0, 0.1) is 0 Å². The van der Waals surface area contributed by atoms with Crippen molar-refractivity contribution in [2.45, 2.75) is 50.7 Å². The molecule has 86 valence electrons. The van der Waals surface area contributed by atoms with E-state index < -0.39 is 0 Å². The van der Waals surface area contributed by atoms with Gasteiger partial charge in [0.25, 0.3) is 0 Å². The summed E-state index contributed by atoms with van der Waals surface area (Å²) in [6.45, 7) is 0.390. The second kappa shape index (κ2) is 9.40. The Bertz CT molecular complexity index is 107. The fraction of sp³-hybridized carbons (Fsp3) is 1.00. The van der Waals surface area contributed by atoms with Crippen LogP contribution in [0.5, 0.6) is 0 Å². The maximum absolute atomic E-state index is 8.92. The zero-order valence-electron chi connectivity index (χ0n) is 8.60. The predicted molar refractivity (Wildman–Crippen MR) is 53.9 cm³/mol. The highest BCUT2D eigenvalue weighted by molar-refractivity contribution is 4.69. The predicted octanol–water partition coefficient (Wildman–Crippen LogP) is 0.0334. The molecule has 0 aromatic heterocycles. The van der Waals surface area contributed by atoms with Gasteiger partial charge in [0, 0.05) is 13.2 Å². The highest BCUT2D eigenvalue weighted by Crippen LogP contribution is 2.17. The first-order valence-corrected chi connectivity index (χ1v) is 5.28. The third-order valence-electron chi connectivity index (χ3n) is 2.19. The molecule has 0 aromatic carbocycles. The number of aliphatic hydroxyl groups excluding tert-OH is 4. The molecule has 0 aromatic rings. The van der Waals surface area contributed by atoms with E-state index in [1.807, 2.05) is 0 Å². The number of hydrogen-bond donors (Lipinski definition) is 4. The molecule has 0 spiro atoms. The van der Waals surface area contributed by atoms with Crippen molar-refractivity contribution in [1.82, 2.24) is 0 Å². The first-order chi connectivity index (χ1) is 6.70. The molecule has 4 nitrogen and oxygen atoms in total. The lowest BCUT2D eigenvalue weighted by Crippen LogP contribution is -2.22. The number of hydrogen-bond acceptors (Lipinski definition) is 4. The van der Waals surface area contributed by atoms with E-state index in [9.17, 15) is 0 Å². The van der Waals surface area contributed by atoms with Gasteiger partial charge in [-0.3, -0.25) is 0 Å². The molecular weight excluding hydrogens is 184 g/mol. The largest absolute Gasteiger partial charge is 0.396 e. The summed E-state index contributed by atoms with van der Waals surface area (Å²) in [6, 6.07) is 0. The van der Waals surface area contributed by atoms with Gasteiger partial charge in [-0.15, -0.1) is 0 Å². The molecule has 0 amide bonds. The van der Waals surface area contributed by atoms with Gasteiger partial charge in [0.05, 0.1) is 12.2 Å². The van der Waals surface area contributed by atoms with Gasteiger partial charge in [-0.1, -0.05) is 0 Å². The van der Waals surface area contributed by atoms with Crippen LogP contribution in [0.1, 0.15) is 38.5 Å². The smallest absolute Gasteiger partial charge is 0.0564 e. The molecule has 0 heterocycles. The van der Waals surface area contributed by atoms with Crippen molar-refractivity contribution in [2.24, 2.45) is 0 Å². The Labute approximate surface area is 85.2 Å². The Hall–Kier alpha value is -0.160. The van der Waals surface area contributed by atoms with E-state index in [0.29, 0.717) is 6.42 Å². The fourth-order valence-corrected chi connectivity index (χ4v) is 1.36. The maximum Gasteiger partial charge on any atom is 0.0564 e. The van der Waals surface area contributed by atoms with Gasteiger partial charge in [0.1, 0.15) is 0 Å². The van der Waals surface area contributed by atoms with Gasteiger partial charge < -0.3 is 20.4 Å². The quantitative estimate of drug-likeness (QED) is 0.491. The molecule has 0 bridgehead atoms. The van der Waals surface area contributed by atoms with Gasteiger partial charge in [0.15, 0.2) is 0 Å². The monoisotopic (exact) mass is 206 g/mol. The Kier molecular flexibility index (Phi) is 9.29. The average Bonchev–Trinajstić information content (AvgIpc) is 2.15. The van der Waals surface area contributed by atoms with E-state index in [1.54, 1.807) is 0 Å². The van der Waals surface area contributed by atoms with Crippen LogP contribution in [0.25, 0.3) is 0 Å². The van der Waals surface area contributed by atoms with Crippen LogP contribution in [0.2, 0.25) is 0 Å². The van der Waals surface area contributed by atoms with E-state index in [2.05, 4.69) is 0 Å². The molecule has 14 heavy (non-hydrogen) atoms. The highest BCUT2D eigenvalue weighted by Gasteiger charge is 2.16. The third-order valence-corrected chi connectivity index (χ3v) is 2.19. The average molecular weight is 206 g/mol. The van der Waals surface area contributed by atoms with Crippen LogP contribution in [-0.4, -0.2) is 45.8 Å². The zero-order valence-corrected chi connectivity index (χ0v) is 8.60. The van der Waals surface area contributed by atoms with Crippen LogP contribution in [0.15, 0.2) is 0 Å². The summed E-state index contributed by atoms with van der Waals surface area (Å²) in [5.74, 6) is 0. The van der Waals surface area contributed by atoms with Gasteiger partial charge in [0.2, 0.25) is 0 Å². The summed E-state index contributed by atoms with van der Waals surface area (Å²) in [5.41, 5.74) is 0. The van der Waals surface area contributed by atoms with Crippen molar-refractivity contribution in [2.75, 3.05) is 13.2 Å². The summed E-state index contributed by atoms with van der Waals surface area (Å²) in [4.78, 5) is 0. The first kappa shape index (κ1) is 13.8. The van der Waals surface area contributed by atoms with Crippen LogP contribution >= 0.6 is 0 Å². The lowest BCUT2D eigenvalue weighted by molar-refractivity contribution is 0.0406. The molecule has 4 N–H and O–H groups in total. The maximum atomic E-state index is 8.92. The Balaban J connectivity index is 0.000000255. The van der Waals surface area contributed by atoms with Crippen molar-refractivity contribution in [3.05, 3.63) is 0 Å². The third kappa shape index (κ3) is 8.44. The first-order valence-electron chi connectivity index (χ1n) is 5.28. The van der Waals surface area contributed by atoms with Crippen molar-refractivity contribution in [3.63, 3.8) is 0 Å². The van der Waals surface area contributed by atoms with Crippen molar-refractivity contribution < 1.29 is 20.4 Å². The summed E-state index contributed by atoms with van der Waals surface area (Å²) >= 11 is 0. The van der Waals surface area contributed by atoms with Crippen LogP contribution < -0.4 is 0 Å². The second-order valence-electron chi connectivity index (χ2n) is 3.63.